The number of primary amides is 1. The lowest BCUT2D eigenvalue weighted by Gasteiger charge is -2.36. The van der Waals surface area contributed by atoms with Crippen LogP contribution >= 0.6 is 0 Å². The van der Waals surface area contributed by atoms with Crippen LogP contribution in [0.1, 0.15) is 159 Å². The standard InChI is InChI=1S/C67H102N10O19/c1-15-37(8)54-50(78)33-53(81)96-57(36(6)7)56(82)38(9)58(83)71-45(30-34(2)3)63(88)77-29-17-19-47(77)65(90)75(13)49(32-41-20-22-42(93-14)23-21-41)67(92)94-39(10)55(61(86)72-54)73-60(85)48(31-35(4)5)74(12)64(89)46-18-16-28-76(46)62(87)40(11)95-66(91)44(24-26-51(68)79)70-59(84)43-25-27-52(80)69-43/h20-23,34-40,43-50,54-55,57,78H,15-19,24-33H2,1-14H3,(H2,68,79)(H,69,80)(H,70,84)(H,71,83)(H,72,86)(H,73,85)/t37-,38-,39-,40-,43-,44-,45+,46-,47-,48+,49-,50+,54-,55-,57+/m0/s1. The van der Waals surface area contributed by atoms with Gasteiger partial charge in [0, 0.05) is 46.4 Å². The quantitative estimate of drug-likeness (QED) is 0.0482. The summed E-state index contributed by atoms with van der Waals surface area (Å²) in [5, 5.41) is 25.2. The van der Waals surface area contributed by atoms with Gasteiger partial charge >= 0.3 is 17.9 Å². The number of rotatable bonds is 22. The van der Waals surface area contributed by atoms with Gasteiger partial charge < -0.3 is 76.0 Å². The number of nitrogens with one attached hydrogen (secondary N) is 5. The highest BCUT2D eigenvalue weighted by Crippen LogP contribution is 2.28. The number of fused-ring (bicyclic) bond motifs is 1. The van der Waals surface area contributed by atoms with E-state index >= 15 is 19.2 Å². The molecule has 0 bridgehead atoms. The third-order valence-electron chi connectivity index (χ3n) is 18.4. The predicted molar refractivity (Wildman–Crippen MR) is 346 cm³/mol. The number of hydrogen-bond donors (Lipinski definition) is 7. The molecule has 1 aromatic rings. The first-order chi connectivity index (χ1) is 45.1. The maximum atomic E-state index is 15.2. The molecule has 0 aliphatic carbocycles. The van der Waals surface area contributed by atoms with E-state index in [1.54, 1.807) is 65.8 Å². The minimum Gasteiger partial charge on any atom is -0.497 e. The second kappa shape index (κ2) is 35.7. The highest BCUT2D eigenvalue weighted by Gasteiger charge is 2.47. The van der Waals surface area contributed by atoms with Gasteiger partial charge in [0.2, 0.25) is 53.2 Å². The molecule has 4 fully saturated rings. The molecule has 0 aromatic heterocycles. The van der Waals surface area contributed by atoms with Gasteiger partial charge in [-0.25, -0.2) is 9.59 Å². The van der Waals surface area contributed by atoms with Crippen molar-refractivity contribution < 1.29 is 91.2 Å². The number of amides is 10. The van der Waals surface area contributed by atoms with Crippen LogP contribution in [0, 0.1) is 29.6 Å². The van der Waals surface area contributed by atoms with Crippen LogP contribution in [-0.4, -0.2) is 221 Å². The van der Waals surface area contributed by atoms with Gasteiger partial charge in [0.25, 0.3) is 5.91 Å². The normalized spacial score (nSPS) is 26.6. The molecule has 4 saturated heterocycles. The lowest BCUT2D eigenvalue weighted by molar-refractivity contribution is -0.163. The predicted octanol–water partition coefficient (Wildman–Crippen LogP) is 0.896. The molecule has 0 spiro atoms. The van der Waals surface area contributed by atoms with Gasteiger partial charge in [0.05, 0.1) is 31.6 Å². The second-order valence-electron chi connectivity index (χ2n) is 27.1. The summed E-state index contributed by atoms with van der Waals surface area (Å²) in [6, 6.07) is -5.39. The average Bonchev–Trinajstić information content (AvgIpc) is 1.60. The van der Waals surface area contributed by atoms with Gasteiger partial charge in [-0.2, -0.15) is 0 Å². The number of esters is 3. The van der Waals surface area contributed by atoms with Crippen LogP contribution in [0.3, 0.4) is 0 Å². The van der Waals surface area contributed by atoms with Crippen molar-refractivity contribution in [3.05, 3.63) is 29.8 Å². The number of ether oxygens (including phenoxy) is 4. The maximum absolute atomic E-state index is 15.2. The van der Waals surface area contributed by atoms with E-state index in [-0.39, 0.29) is 88.6 Å². The van der Waals surface area contributed by atoms with Gasteiger partial charge in [0.1, 0.15) is 60.2 Å². The average molecular weight is 1350 g/mol. The second-order valence-corrected chi connectivity index (χ2v) is 27.1. The fourth-order valence-corrected chi connectivity index (χ4v) is 12.4. The number of likely N-dealkylation sites (tertiary alicyclic amines) is 1. The number of likely N-dealkylation sites (N-methyl/N-ethyl adjacent to an activating group) is 2. The Balaban J connectivity index is 1.54. The van der Waals surface area contributed by atoms with Crippen LogP contribution in [0.15, 0.2) is 24.3 Å². The topological polar surface area (TPSA) is 395 Å². The maximum Gasteiger partial charge on any atom is 0.329 e. The van der Waals surface area contributed by atoms with E-state index in [0.717, 1.165) is 9.80 Å². The first-order valence-corrected chi connectivity index (χ1v) is 33.5. The summed E-state index contributed by atoms with van der Waals surface area (Å²) in [4.78, 5) is 202. The molecule has 0 unspecified atom stereocenters. The van der Waals surface area contributed by atoms with Crippen molar-refractivity contribution in [2.24, 2.45) is 35.3 Å². The molecule has 0 radical (unpaired) electrons. The number of nitrogens with zero attached hydrogens (tertiary/aromatic N) is 4. The zero-order valence-corrected chi connectivity index (χ0v) is 58.0. The Bertz CT molecular complexity index is 3000. The Morgan fingerprint density at radius 1 is 0.833 bits per heavy atom. The number of cyclic esters (lactones) is 2. The Labute approximate surface area is 561 Å². The van der Waals surface area contributed by atoms with Crippen LogP contribution in [0.4, 0.5) is 0 Å². The molecule has 29 nitrogen and oxygen atoms in total. The van der Waals surface area contributed by atoms with Crippen molar-refractivity contribution in [3.8, 4) is 5.75 Å². The smallest absolute Gasteiger partial charge is 0.329 e. The van der Waals surface area contributed by atoms with Crippen molar-refractivity contribution >= 4 is 82.8 Å². The van der Waals surface area contributed by atoms with Crippen molar-refractivity contribution in [1.29, 1.82) is 0 Å². The van der Waals surface area contributed by atoms with Crippen LogP contribution in [0.25, 0.3) is 0 Å². The zero-order chi connectivity index (χ0) is 71.7. The van der Waals surface area contributed by atoms with Crippen molar-refractivity contribution in [2.75, 3.05) is 34.3 Å². The van der Waals surface area contributed by atoms with Crippen molar-refractivity contribution in [3.63, 3.8) is 0 Å². The molecule has 4 aliphatic rings. The van der Waals surface area contributed by atoms with Gasteiger partial charge in [-0.15, -0.1) is 0 Å². The summed E-state index contributed by atoms with van der Waals surface area (Å²) in [5.41, 5.74) is 5.88. The molecule has 15 atom stereocenters. The molecule has 1 aromatic carbocycles. The van der Waals surface area contributed by atoms with Gasteiger partial charge in [0.15, 0.2) is 18.0 Å². The minimum absolute atomic E-state index is 0.0193. The van der Waals surface area contributed by atoms with Crippen molar-refractivity contribution in [1.82, 2.24) is 46.2 Å². The fourth-order valence-electron chi connectivity index (χ4n) is 12.4. The molecule has 4 aliphatic heterocycles. The molecular weight excluding hydrogens is 1250 g/mol. The fraction of sp³-hybridized carbons (Fsp3) is 0.701. The minimum atomic E-state index is -1.86. The molecule has 29 heteroatoms. The third-order valence-corrected chi connectivity index (χ3v) is 18.4. The van der Waals surface area contributed by atoms with Crippen LogP contribution < -0.4 is 37.1 Å². The number of carbonyl (C=O) groups excluding carboxylic acids is 14. The number of carbonyl (C=O) groups is 14. The van der Waals surface area contributed by atoms with E-state index in [0.29, 0.717) is 30.6 Å². The molecule has 534 valence electrons. The van der Waals surface area contributed by atoms with Crippen LogP contribution in [-0.2, 0) is 87.8 Å². The number of benzene rings is 1. The molecule has 96 heavy (non-hydrogen) atoms. The van der Waals surface area contributed by atoms with Gasteiger partial charge in [-0.05, 0) is 114 Å². The number of hydrogen-bond acceptors (Lipinski definition) is 19. The number of nitrogens with two attached hydrogens (primary N) is 1. The van der Waals surface area contributed by atoms with Crippen molar-refractivity contribution in [2.45, 2.75) is 238 Å². The van der Waals surface area contributed by atoms with E-state index in [1.165, 1.54) is 51.8 Å². The molecule has 10 amide bonds. The number of aliphatic hydroxyl groups excluding tert-OH is 1. The Hall–Kier alpha value is -8.24. The molecular formula is C67H102N10O19. The summed E-state index contributed by atoms with van der Waals surface area (Å²) in [7, 11) is 4.17. The highest BCUT2D eigenvalue weighted by atomic mass is 16.6. The Kier molecular flexibility index (Phi) is 29.1. The van der Waals surface area contributed by atoms with Crippen LogP contribution in [0.2, 0.25) is 0 Å². The monoisotopic (exact) mass is 1350 g/mol. The summed E-state index contributed by atoms with van der Waals surface area (Å²) < 4.78 is 22.9. The van der Waals surface area contributed by atoms with E-state index in [2.05, 4.69) is 26.6 Å². The Morgan fingerprint density at radius 3 is 2.07 bits per heavy atom. The van der Waals surface area contributed by atoms with Gasteiger partial charge in [-0.1, -0.05) is 73.9 Å². The number of methoxy groups -OCH3 is 1. The van der Waals surface area contributed by atoms with E-state index in [1.807, 2.05) is 13.8 Å². The lowest BCUT2D eigenvalue weighted by Crippen LogP contribution is -2.62. The number of ketones is 1. The lowest BCUT2D eigenvalue weighted by atomic mass is 9.91. The van der Waals surface area contributed by atoms with E-state index in [4.69, 9.17) is 24.7 Å². The number of aliphatic hydroxyl groups is 1. The van der Waals surface area contributed by atoms with Crippen LogP contribution in [0.5, 0.6) is 5.75 Å². The first-order valence-electron chi connectivity index (χ1n) is 33.5. The molecule has 0 saturated carbocycles. The third kappa shape index (κ3) is 20.9. The van der Waals surface area contributed by atoms with Gasteiger partial charge in [-0.3, -0.25) is 57.5 Å². The number of Topliss-reactive ketones (excluding diaryl/α,β-unsaturated/α-hetero) is 1. The summed E-state index contributed by atoms with van der Waals surface area (Å²) in [6.07, 6.45) is -6.48. The SMILES string of the molecule is CC[C@H](C)[C@@H]1NC(=O)[C@@H](NC(=O)[C@@H](CC(C)C)N(C)C(=O)[C@@H]2CCCN2C(=O)[C@H](C)OC(=O)[C@H](CCC(N)=O)NC(=O)[C@@H]2CCC(=O)N2)[C@H](C)OC(=O)[C@H](Cc2ccc(OC)cc2)N(C)C(=O)[C@@H]2CCCN2C(=O)[C@@H](CC(C)C)NC(=O)[C@@H](C)C(=O)[C@@H](C(C)C)OC(=O)C[C@H]1O. The highest BCUT2D eigenvalue weighted by molar-refractivity contribution is 6.05. The summed E-state index contributed by atoms with van der Waals surface area (Å²) in [6.45, 7) is 17.8. The zero-order valence-electron chi connectivity index (χ0n) is 58.0. The van der Waals surface area contributed by atoms with E-state index in [9.17, 15) is 53.1 Å². The first kappa shape index (κ1) is 78.5. The Morgan fingerprint density at radius 2 is 1.49 bits per heavy atom. The summed E-state index contributed by atoms with van der Waals surface area (Å²) >= 11 is 0. The summed E-state index contributed by atoms with van der Waals surface area (Å²) in [5.74, 6) is -14.2. The molecule has 4 heterocycles. The molecule has 8 N–H and O–H groups in total. The molecule has 5 rings (SSSR count). The van der Waals surface area contributed by atoms with E-state index < -0.39 is 180 Å². The largest absolute Gasteiger partial charge is 0.497 e.